The number of carbonyl (C=O) groups is 3. The molecule has 1 fully saturated rings. The number of likely N-dealkylation sites (tertiary alicyclic amines) is 1. The zero-order valence-electron chi connectivity index (χ0n) is 21.4. The average Bonchev–Trinajstić information content (AvgIpc) is 2.87. The van der Waals surface area contributed by atoms with Crippen LogP contribution in [0.3, 0.4) is 0 Å². The fourth-order valence-corrected chi connectivity index (χ4v) is 4.79. The first kappa shape index (κ1) is 27.9. The van der Waals surface area contributed by atoms with E-state index < -0.39 is 5.41 Å². The van der Waals surface area contributed by atoms with Crippen molar-refractivity contribution in [3.8, 4) is 18.4 Å². The highest BCUT2D eigenvalue weighted by molar-refractivity contribution is 5.95. The molecule has 0 spiro atoms. The van der Waals surface area contributed by atoms with Crippen LogP contribution in [-0.2, 0) is 14.3 Å². The van der Waals surface area contributed by atoms with Gasteiger partial charge in [0.2, 0.25) is 5.91 Å². The van der Waals surface area contributed by atoms with Crippen molar-refractivity contribution in [1.29, 1.82) is 5.26 Å². The smallest absolute Gasteiger partial charge is 0.305 e. The number of ether oxygens (including phenoxy) is 1. The Balaban J connectivity index is 2.26. The molecule has 1 atom stereocenters. The Morgan fingerprint density at radius 2 is 1.86 bits per heavy atom. The Hall–Kier alpha value is -3.32. The lowest BCUT2D eigenvalue weighted by molar-refractivity contribution is -0.146. The molecular weight excluding hydrogens is 442 g/mol. The number of nitriles is 1. The van der Waals surface area contributed by atoms with E-state index in [2.05, 4.69) is 18.9 Å². The van der Waals surface area contributed by atoms with E-state index in [9.17, 15) is 14.4 Å². The Kier molecular flexibility index (Phi) is 10.3. The molecule has 1 aliphatic rings. The number of methoxy groups -OCH3 is 1. The molecule has 1 unspecified atom stereocenters. The number of rotatable bonds is 10. The van der Waals surface area contributed by atoms with Gasteiger partial charge in [0.05, 0.1) is 30.7 Å². The standard InChI is InChI=1S/C28H37N3O4/c1-6-8-9-24(31(16-7-2)26(33)23-12-10-22(20-29)11-13-23)28(3,4)27(34)30-17-14-21(15-18-30)19-25(32)35-5/h2,10-13,21,24H,6,8-9,14-19H2,1,3-5H3. The molecule has 0 saturated carbocycles. The average molecular weight is 480 g/mol. The normalized spacial score (nSPS) is 15.0. The lowest BCUT2D eigenvalue weighted by atomic mass is 9.78. The van der Waals surface area contributed by atoms with E-state index in [1.165, 1.54) is 7.11 Å². The zero-order valence-corrected chi connectivity index (χ0v) is 21.4. The molecule has 2 rings (SSSR count). The molecule has 2 amide bonds. The van der Waals surface area contributed by atoms with Gasteiger partial charge in [0.25, 0.3) is 5.91 Å². The van der Waals surface area contributed by atoms with Crippen molar-refractivity contribution in [3.63, 3.8) is 0 Å². The van der Waals surface area contributed by atoms with Crippen molar-refractivity contribution in [2.45, 2.75) is 65.3 Å². The minimum atomic E-state index is -0.858. The van der Waals surface area contributed by atoms with Crippen LogP contribution in [0.15, 0.2) is 24.3 Å². The number of hydrogen-bond acceptors (Lipinski definition) is 5. The second-order valence-electron chi connectivity index (χ2n) is 9.72. The summed E-state index contributed by atoms with van der Waals surface area (Å²) in [5.41, 5.74) is 0.0509. The molecule has 1 heterocycles. The van der Waals surface area contributed by atoms with Gasteiger partial charge in [-0.15, -0.1) is 6.42 Å². The number of carbonyl (C=O) groups excluding carboxylic acids is 3. The van der Waals surface area contributed by atoms with Crippen LogP contribution >= 0.6 is 0 Å². The van der Waals surface area contributed by atoms with Crippen LogP contribution in [0, 0.1) is 35.0 Å². The summed E-state index contributed by atoms with van der Waals surface area (Å²) >= 11 is 0. The van der Waals surface area contributed by atoms with Crippen molar-refractivity contribution in [1.82, 2.24) is 9.80 Å². The van der Waals surface area contributed by atoms with Gasteiger partial charge in [0, 0.05) is 31.1 Å². The van der Waals surface area contributed by atoms with E-state index in [1.54, 1.807) is 29.2 Å². The first-order valence-electron chi connectivity index (χ1n) is 12.3. The largest absolute Gasteiger partial charge is 0.469 e. The first-order chi connectivity index (χ1) is 16.7. The number of benzene rings is 1. The van der Waals surface area contributed by atoms with Gasteiger partial charge in [0.15, 0.2) is 0 Å². The summed E-state index contributed by atoms with van der Waals surface area (Å²) in [5, 5.41) is 9.07. The molecule has 0 N–H and O–H groups in total. The van der Waals surface area contributed by atoms with Gasteiger partial charge in [-0.05, 0) is 63.3 Å². The molecule has 1 aromatic carbocycles. The number of esters is 1. The predicted molar refractivity (Wildman–Crippen MR) is 134 cm³/mol. The fraction of sp³-hybridized carbons (Fsp3) is 0.571. The molecule has 1 saturated heterocycles. The maximum absolute atomic E-state index is 13.8. The molecule has 0 radical (unpaired) electrons. The van der Waals surface area contributed by atoms with Crippen molar-refractivity contribution in [2.24, 2.45) is 11.3 Å². The van der Waals surface area contributed by atoms with Gasteiger partial charge >= 0.3 is 5.97 Å². The van der Waals surface area contributed by atoms with Crippen LogP contribution < -0.4 is 0 Å². The number of piperidine rings is 1. The van der Waals surface area contributed by atoms with Gasteiger partial charge in [0.1, 0.15) is 0 Å². The summed E-state index contributed by atoms with van der Waals surface area (Å²) in [6, 6.07) is 8.14. The van der Waals surface area contributed by atoms with Crippen LogP contribution in [0.1, 0.15) is 75.2 Å². The summed E-state index contributed by atoms with van der Waals surface area (Å²) in [6.45, 7) is 7.10. The lowest BCUT2D eigenvalue weighted by Crippen LogP contribution is -2.56. The van der Waals surface area contributed by atoms with Gasteiger partial charge in [-0.2, -0.15) is 5.26 Å². The molecule has 0 aliphatic carbocycles. The van der Waals surface area contributed by atoms with Crippen LogP contribution in [0.4, 0.5) is 0 Å². The van der Waals surface area contributed by atoms with Crippen molar-refractivity contribution < 1.29 is 19.1 Å². The SMILES string of the molecule is C#CCN(C(=O)c1ccc(C#N)cc1)C(CCCC)C(C)(C)C(=O)N1CCC(CC(=O)OC)CC1. The molecule has 0 bridgehead atoms. The monoisotopic (exact) mass is 479 g/mol. The predicted octanol–water partition coefficient (Wildman–Crippen LogP) is 4.02. The number of amides is 2. The second kappa shape index (κ2) is 13.0. The highest BCUT2D eigenvalue weighted by Gasteiger charge is 2.44. The van der Waals surface area contributed by atoms with E-state index in [-0.39, 0.29) is 36.3 Å². The zero-order chi connectivity index (χ0) is 26.0. The summed E-state index contributed by atoms with van der Waals surface area (Å²) in [6.07, 6.45) is 9.95. The third-order valence-electron chi connectivity index (χ3n) is 6.96. The van der Waals surface area contributed by atoms with E-state index in [1.807, 2.05) is 18.7 Å². The van der Waals surface area contributed by atoms with Gasteiger partial charge in [-0.25, -0.2) is 0 Å². The number of unbranched alkanes of at least 4 members (excludes halogenated alkanes) is 1. The van der Waals surface area contributed by atoms with Gasteiger partial charge in [-0.1, -0.05) is 25.7 Å². The molecular formula is C28H37N3O4. The summed E-state index contributed by atoms with van der Waals surface area (Å²) < 4.78 is 4.78. The van der Waals surface area contributed by atoms with Crippen LogP contribution in [-0.4, -0.2) is 60.4 Å². The lowest BCUT2D eigenvalue weighted by Gasteiger charge is -2.44. The molecule has 188 valence electrons. The fourth-order valence-electron chi connectivity index (χ4n) is 4.79. The van der Waals surface area contributed by atoms with Crippen LogP contribution in [0.25, 0.3) is 0 Å². The third-order valence-corrected chi connectivity index (χ3v) is 6.96. The summed E-state index contributed by atoms with van der Waals surface area (Å²) in [4.78, 5) is 42.4. The Labute approximate surface area is 209 Å². The highest BCUT2D eigenvalue weighted by atomic mass is 16.5. The Morgan fingerprint density at radius 3 is 2.37 bits per heavy atom. The molecule has 7 nitrogen and oxygen atoms in total. The van der Waals surface area contributed by atoms with Gasteiger partial charge in [-0.3, -0.25) is 14.4 Å². The van der Waals surface area contributed by atoms with E-state index in [0.29, 0.717) is 37.1 Å². The number of nitrogens with zero attached hydrogens (tertiary/aromatic N) is 3. The summed E-state index contributed by atoms with van der Waals surface area (Å²) in [5.74, 6) is 2.34. The topological polar surface area (TPSA) is 90.7 Å². The molecule has 1 aliphatic heterocycles. The maximum Gasteiger partial charge on any atom is 0.305 e. The minimum Gasteiger partial charge on any atom is -0.469 e. The molecule has 1 aromatic rings. The van der Waals surface area contributed by atoms with E-state index in [0.717, 1.165) is 25.7 Å². The highest BCUT2D eigenvalue weighted by Crippen LogP contribution is 2.34. The van der Waals surface area contributed by atoms with Crippen LogP contribution in [0.5, 0.6) is 0 Å². The summed E-state index contributed by atoms with van der Waals surface area (Å²) in [7, 11) is 1.39. The maximum atomic E-state index is 13.8. The molecule has 7 heteroatoms. The van der Waals surface area contributed by atoms with Crippen molar-refractivity contribution in [3.05, 3.63) is 35.4 Å². The Morgan fingerprint density at radius 1 is 1.23 bits per heavy atom. The first-order valence-corrected chi connectivity index (χ1v) is 12.3. The van der Waals surface area contributed by atoms with E-state index in [4.69, 9.17) is 16.4 Å². The Bertz CT molecular complexity index is 963. The molecule has 0 aromatic heterocycles. The quantitative estimate of drug-likeness (QED) is 0.373. The molecule has 35 heavy (non-hydrogen) atoms. The van der Waals surface area contributed by atoms with E-state index >= 15 is 0 Å². The second-order valence-corrected chi connectivity index (χ2v) is 9.72. The van der Waals surface area contributed by atoms with Gasteiger partial charge < -0.3 is 14.5 Å². The number of hydrogen-bond donors (Lipinski definition) is 0. The number of terminal acetylenes is 1. The minimum absolute atomic E-state index is 0.00947. The van der Waals surface area contributed by atoms with Crippen molar-refractivity contribution >= 4 is 17.8 Å². The van der Waals surface area contributed by atoms with Crippen LogP contribution in [0.2, 0.25) is 0 Å². The third kappa shape index (κ3) is 7.09. The van der Waals surface area contributed by atoms with Crippen molar-refractivity contribution in [2.75, 3.05) is 26.7 Å².